The van der Waals surface area contributed by atoms with Crippen LogP contribution in [0.1, 0.15) is 160 Å². The number of ether oxygens (including phenoxy) is 2. The van der Waals surface area contributed by atoms with E-state index in [2.05, 4.69) is 40.1 Å². The fourth-order valence-corrected chi connectivity index (χ4v) is 20.0. The number of imide groups is 1. The molecule has 10 N–H and O–H groups in total. The van der Waals surface area contributed by atoms with Crippen LogP contribution >= 0.6 is 11.3 Å². The number of carboxylic acid groups (broad SMARTS) is 2. The fourth-order valence-electron chi connectivity index (χ4n) is 18.7. The topological polar surface area (TPSA) is 429 Å². The molecule has 4 saturated carbocycles. The molecule has 7 aliphatic rings. The van der Waals surface area contributed by atoms with Crippen LogP contribution in [0.25, 0.3) is 21.3 Å². The number of aromatic carboxylic acids is 1. The molecule has 2 unspecified atom stereocenters. The van der Waals surface area contributed by atoms with E-state index in [1.807, 2.05) is 59.0 Å². The van der Waals surface area contributed by atoms with Crippen molar-refractivity contribution in [2.45, 2.75) is 194 Å². The molecule has 3 aromatic heterocycles. The van der Waals surface area contributed by atoms with Crippen LogP contribution in [0.15, 0.2) is 91.1 Å². The molecule has 4 bridgehead atoms. The Morgan fingerprint density at radius 2 is 1.50 bits per heavy atom. The van der Waals surface area contributed by atoms with Gasteiger partial charge < -0.3 is 60.8 Å². The van der Waals surface area contributed by atoms with Crippen molar-refractivity contribution < 1.29 is 91.1 Å². The smallest absolute Gasteiger partial charge is 0.410 e. The van der Waals surface area contributed by atoms with Crippen molar-refractivity contribution in [1.29, 1.82) is 0 Å². The molecule has 110 heavy (non-hydrogen) atoms. The number of benzene rings is 3. The van der Waals surface area contributed by atoms with Crippen LogP contribution in [0.3, 0.4) is 0 Å². The molecule has 9 atom stereocenters. The Labute approximate surface area is 640 Å². The summed E-state index contributed by atoms with van der Waals surface area (Å²) in [5.74, 6) is -6.50. The summed E-state index contributed by atoms with van der Waals surface area (Å²) in [6, 6.07) is 19.0. The fraction of sp³-hybridized carbons (Fsp3) is 0.513. The van der Waals surface area contributed by atoms with Gasteiger partial charge in [-0.1, -0.05) is 75.8 Å². The number of hydrogen-bond donors (Lipinski definition) is 10. The number of amides is 7. The van der Waals surface area contributed by atoms with Gasteiger partial charge in [0.05, 0.1) is 28.3 Å². The number of carbonyl (C=O) groups excluding carboxylic acids is 7. The zero-order chi connectivity index (χ0) is 78.9. The lowest BCUT2D eigenvalue weighted by Crippen LogP contribution is -2.60. The number of aromatic nitrogens is 4. The molecular formula is C78H95N11O19S2. The molecule has 0 radical (unpaired) electrons. The maximum Gasteiger partial charge on any atom is 0.410 e. The summed E-state index contributed by atoms with van der Waals surface area (Å²) in [4.78, 5) is 132. The lowest BCUT2D eigenvalue weighted by atomic mass is 9.35. The number of aliphatic hydroxyl groups is 3. The molecule has 0 spiro atoms. The summed E-state index contributed by atoms with van der Waals surface area (Å²) in [7, 11) is -4.60. The predicted molar refractivity (Wildman–Crippen MR) is 404 cm³/mol. The SMILES string of the molecule is Cc1c(-c2ccc(N3CCc4cccc(C(=O)Nc5nc6ccccc6s5)c4C3)nc2C(=O)O)cnn1CC12CC3(C)CC(C)(CC(CCCN(CCS(=O)(=O)O)C(=O)OCc4ccc(NC(=O)[C@H](C)NC(=O)[C@@H](NC(=O)CCCCCN5C(=O)C=CC5=O)C(C)C)cc4C[C@@H]4O[C@H](C(=O)O)[C@@H](O)[C@H](O)[C@H]4O)(C3)C1)C2. The van der Waals surface area contributed by atoms with Crippen LogP contribution in [-0.4, -0.2) is 196 Å². The maximum atomic E-state index is 14.4. The lowest BCUT2D eigenvalue weighted by molar-refractivity contribution is -0.227. The van der Waals surface area contributed by atoms with Gasteiger partial charge in [0.15, 0.2) is 16.9 Å². The third kappa shape index (κ3) is 18.1. The summed E-state index contributed by atoms with van der Waals surface area (Å²) in [6.45, 7) is 12.1. The second-order valence-electron chi connectivity index (χ2n) is 31.9. The van der Waals surface area contributed by atoms with Crippen LogP contribution < -0.4 is 26.2 Å². The summed E-state index contributed by atoms with van der Waals surface area (Å²) in [6.07, 6.45) is 2.08. The third-order valence-corrected chi connectivity index (χ3v) is 24.2. The Morgan fingerprint density at radius 3 is 2.20 bits per heavy atom. The number of fused-ring (bicyclic) bond motifs is 2. The first-order valence-corrected chi connectivity index (χ1v) is 39.7. The largest absolute Gasteiger partial charge is 0.479 e. The van der Waals surface area contributed by atoms with Crippen molar-refractivity contribution in [2.75, 3.05) is 47.5 Å². The minimum atomic E-state index is -4.60. The molecule has 3 aromatic carbocycles. The minimum absolute atomic E-state index is 0.0226. The van der Waals surface area contributed by atoms with Gasteiger partial charge in [-0.2, -0.15) is 13.5 Å². The van der Waals surface area contributed by atoms with Gasteiger partial charge in [0.25, 0.3) is 27.8 Å². The van der Waals surface area contributed by atoms with Crippen molar-refractivity contribution in [1.82, 2.24) is 40.2 Å². The highest BCUT2D eigenvalue weighted by molar-refractivity contribution is 7.85. The molecule has 588 valence electrons. The third-order valence-electron chi connectivity index (χ3n) is 22.5. The van der Waals surface area contributed by atoms with Crippen LogP contribution in [0.2, 0.25) is 0 Å². The Hall–Kier alpha value is -9.57. The molecule has 5 fully saturated rings. The molecular weight excluding hydrogens is 1460 g/mol. The van der Waals surface area contributed by atoms with E-state index in [0.717, 1.165) is 70.5 Å². The van der Waals surface area contributed by atoms with Gasteiger partial charge in [0.1, 0.15) is 42.8 Å². The number of carboxylic acids is 2. The summed E-state index contributed by atoms with van der Waals surface area (Å²) >= 11 is 1.39. The number of rotatable bonds is 31. The molecule has 3 aliphatic heterocycles. The molecule has 32 heteroatoms. The van der Waals surface area contributed by atoms with Crippen molar-refractivity contribution in [2.24, 2.45) is 27.6 Å². The maximum absolute atomic E-state index is 14.4. The monoisotopic (exact) mass is 1550 g/mol. The Bertz CT molecular complexity index is 4660. The number of unbranched alkanes of at least 4 members (excludes halogenated alkanes) is 2. The number of pyridine rings is 1. The van der Waals surface area contributed by atoms with Gasteiger partial charge in [0.2, 0.25) is 17.7 Å². The number of carbonyl (C=O) groups is 9. The van der Waals surface area contributed by atoms with Crippen LogP contribution in [0.5, 0.6) is 0 Å². The predicted octanol–water partition coefficient (Wildman–Crippen LogP) is 7.60. The average molecular weight is 1550 g/mol. The molecule has 7 amide bonds. The first-order chi connectivity index (χ1) is 52.1. The van der Waals surface area contributed by atoms with Crippen molar-refractivity contribution in [3.05, 3.63) is 130 Å². The van der Waals surface area contributed by atoms with Gasteiger partial charge in [-0.3, -0.25) is 48.2 Å². The molecule has 6 aromatic rings. The summed E-state index contributed by atoms with van der Waals surface area (Å²) in [5.41, 5.74) is 4.75. The van der Waals surface area contributed by atoms with E-state index in [9.17, 15) is 81.7 Å². The van der Waals surface area contributed by atoms with E-state index in [4.69, 9.17) is 19.6 Å². The standard InChI is InChI=1S/C78H95N11O19S2/c1-44(2)62(84-59(90)18-8-7-11-28-88-60(91)23-24-61(88)92)70(98)80-45(3)68(96)81-50-20-19-48(49(32-50)33-56-64(93)65(94)66(95)67(108-56)72(101)102)36-107-74(103)86(30-31-110(104,105)106)27-13-26-77-38-75(5)37-76(6,39-77)41-78(40-75,42-77)43-89-46(4)53(34-79-89)51-21-22-58(83-63(51)71(99)100)87-29-25-47-14-12-15-52(54(47)35-87)69(97)85-73-82-55-16-9-10-17-57(55)109-73/h9-10,12,14-17,19-24,32,34,44-45,56,62,64-67,93-95H,7-8,11,13,18,25-31,33,35-43H2,1-6H3,(H,80,98)(H,81,96)(H,84,90)(H,99,100)(H,101,102)(H,82,85,97)(H,104,105,106)/t45-,56-,62-,64-,65+,66-,67-,75?,76?,77?,78?/m0/s1. The Kier molecular flexibility index (Phi) is 23.6. The van der Waals surface area contributed by atoms with E-state index in [1.165, 1.54) is 53.5 Å². The van der Waals surface area contributed by atoms with E-state index in [1.54, 1.807) is 32.2 Å². The minimum Gasteiger partial charge on any atom is -0.479 e. The number of hydrogen-bond acceptors (Lipinski definition) is 21. The number of anilines is 3. The van der Waals surface area contributed by atoms with Crippen molar-refractivity contribution in [3.63, 3.8) is 0 Å². The number of nitrogens with zero attached hydrogens (tertiary/aromatic N) is 7. The second kappa shape index (κ2) is 32.4. The first kappa shape index (κ1) is 80.0. The van der Waals surface area contributed by atoms with E-state index >= 15 is 0 Å². The van der Waals surface area contributed by atoms with Gasteiger partial charge in [-0.05, 0) is 177 Å². The molecule has 30 nitrogen and oxygen atoms in total. The molecule has 1 saturated heterocycles. The molecule has 13 rings (SSSR count). The molecule has 4 aliphatic carbocycles. The zero-order valence-electron chi connectivity index (χ0n) is 62.3. The van der Waals surface area contributed by atoms with E-state index < -0.39 is 125 Å². The van der Waals surface area contributed by atoms with Gasteiger partial charge in [-0.25, -0.2) is 24.4 Å². The highest BCUT2D eigenvalue weighted by atomic mass is 32.2. The van der Waals surface area contributed by atoms with Crippen LogP contribution in [-0.2, 0) is 80.9 Å². The number of aliphatic hydroxyl groups excluding tert-OH is 3. The highest BCUT2D eigenvalue weighted by Gasteiger charge is 2.65. The van der Waals surface area contributed by atoms with E-state index in [-0.39, 0.29) is 76.0 Å². The Morgan fingerprint density at radius 1 is 0.773 bits per heavy atom. The molecule has 6 heterocycles. The lowest BCUT2D eigenvalue weighted by Gasteiger charge is -2.70. The second-order valence-corrected chi connectivity index (χ2v) is 34.5. The summed E-state index contributed by atoms with van der Waals surface area (Å²) in [5, 5.41) is 69.7. The van der Waals surface area contributed by atoms with Crippen molar-refractivity contribution in [3.8, 4) is 11.1 Å². The van der Waals surface area contributed by atoms with Crippen molar-refractivity contribution >= 4 is 102 Å². The van der Waals surface area contributed by atoms with Gasteiger partial charge in [0, 0.05) is 92.3 Å². The van der Waals surface area contributed by atoms with Gasteiger partial charge >= 0.3 is 18.0 Å². The first-order valence-electron chi connectivity index (χ1n) is 37.2. The average Bonchev–Trinajstić information content (AvgIpc) is 0.797. The van der Waals surface area contributed by atoms with Crippen LogP contribution in [0, 0.1) is 34.5 Å². The van der Waals surface area contributed by atoms with E-state index in [0.29, 0.717) is 85.8 Å². The number of para-hydroxylation sites is 1. The number of aliphatic carboxylic acids is 1. The zero-order valence-corrected chi connectivity index (χ0v) is 63.9. The normalized spacial score (nSPS) is 24.6. The van der Waals surface area contributed by atoms with Crippen LogP contribution in [0.4, 0.5) is 21.4 Å². The number of nitrogens with one attached hydrogen (secondary N) is 4. The number of thiazole rings is 1. The Balaban J connectivity index is 0.702. The highest BCUT2D eigenvalue weighted by Crippen LogP contribution is 2.75. The quantitative estimate of drug-likeness (QED) is 0.0114. The summed E-state index contributed by atoms with van der Waals surface area (Å²) < 4.78 is 49.2. The van der Waals surface area contributed by atoms with Gasteiger partial charge in [-0.15, -0.1) is 0 Å².